The molecule has 1 aromatic carbocycles. The maximum atomic E-state index is 12.3. The molecule has 2 N–H and O–H groups in total. The first-order chi connectivity index (χ1) is 8.90. The molecule has 104 valence electrons. The van der Waals surface area contributed by atoms with Crippen molar-refractivity contribution in [3.05, 3.63) is 23.8 Å². The molecule has 1 aromatic rings. The predicted molar refractivity (Wildman–Crippen MR) is 74.1 cm³/mol. The fraction of sp³-hybridized carbons (Fsp3) is 0.533. The van der Waals surface area contributed by atoms with Crippen LogP contribution in [0.4, 0.5) is 5.69 Å². The van der Waals surface area contributed by atoms with Gasteiger partial charge in [0, 0.05) is 0 Å². The number of benzene rings is 1. The highest BCUT2D eigenvalue weighted by atomic mass is 16.5. The van der Waals surface area contributed by atoms with Crippen LogP contribution >= 0.6 is 0 Å². The monoisotopic (exact) mass is 263 g/mol. The van der Waals surface area contributed by atoms with Gasteiger partial charge in [-0.3, -0.25) is 4.79 Å². The highest BCUT2D eigenvalue weighted by molar-refractivity contribution is 5.94. The summed E-state index contributed by atoms with van der Waals surface area (Å²) in [6.07, 6.45) is -0.0186. The van der Waals surface area contributed by atoms with Crippen molar-refractivity contribution < 1.29 is 14.6 Å². The number of carbonyl (C=O) groups is 1. The Labute approximate surface area is 113 Å². The van der Waals surface area contributed by atoms with Crippen LogP contribution in [0.25, 0.3) is 0 Å². The Morgan fingerprint density at radius 2 is 1.95 bits per heavy atom. The lowest BCUT2D eigenvalue weighted by atomic mass is 9.89. The first kappa shape index (κ1) is 13.9. The normalized spacial score (nSPS) is 30.3. The number of hydrogen-bond acceptors (Lipinski definition) is 3. The smallest absolute Gasteiger partial charge is 0.230 e. The molecule has 1 amide bonds. The number of nitrogens with one attached hydrogen (secondary N) is 1. The quantitative estimate of drug-likeness (QED) is 0.807. The molecule has 4 unspecified atom stereocenters. The number of phenolic OH excluding ortho intramolecular Hbond substituents is 1. The Hall–Kier alpha value is -1.55. The van der Waals surface area contributed by atoms with Crippen molar-refractivity contribution in [3.63, 3.8) is 0 Å². The minimum absolute atomic E-state index is 0.0809. The molecular formula is C15H21NO3. The maximum Gasteiger partial charge on any atom is 0.230 e. The molecular weight excluding hydrogens is 242 g/mol. The number of phenols is 1. The van der Waals surface area contributed by atoms with E-state index >= 15 is 0 Å². The molecule has 1 saturated heterocycles. The molecule has 2 rings (SSSR count). The maximum absolute atomic E-state index is 12.3. The number of amides is 1. The van der Waals surface area contributed by atoms with E-state index in [0.717, 1.165) is 5.56 Å². The molecule has 1 fully saturated rings. The lowest BCUT2D eigenvalue weighted by Crippen LogP contribution is -2.32. The minimum Gasteiger partial charge on any atom is -0.506 e. The molecule has 1 aliphatic heterocycles. The third-order valence-corrected chi connectivity index (χ3v) is 3.96. The van der Waals surface area contributed by atoms with Crippen molar-refractivity contribution in [1.82, 2.24) is 0 Å². The van der Waals surface area contributed by atoms with Crippen LogP contribution in [0.3, 0.4) is 0 Å². The van der Waals surface area contributed by atoms with Gasteiger partial charge in [0.25, 0.3) is 0 Å². The second-order valence-electron chi connectivity index (χ2n) is 5.44. The number of ether oxygens (including phenoxy) is 1. The number of rotatable bonds is 2. The van der Waals surface area contributed by atoms with E-state index in [1.54, 1.807) is 12.1 Å². The molecule has 0 radical (unpaired) electrons. The van der Waals surface area contributed by atoms with E-state index in [0.29, 0.717) is 5.69 Å². The van der Waals surface area contributed by atoms with Gasteiger partial charge in [0.2, 0.25) is 5.91 Å². The van der Waals surface area contributed by atoms with E-state index in [1.165, 1.54) is 0 Å². The Bertz CT molecular complexity index is 486. The van der Waals surface area contributed by atoms with E-state index < -0.39 is 0 Å². The third-order valence-electron chi connectivity index (χ3n) is 3.96. The van der Waals surface area contributed by atoms with Gasteiger partial charge >= 0.3 is 0 Å². The van der Waals surface area contributed by atoms with Gasteiger partial charge in [0.05, 0.1) is 23.8 Å². The molecule has 0 aliphatic carbocycles. The van der Waals surface area contributed by atoms with Gasteiger partial charge in [-0.1, -0.05) is 13.0 Å². The molecule has 0 saturated carbocycles. The van der Waals surface area contributed by atoms with Crippen molar-refractivity contribution in [3.8, 4) is 5.75 Å². The topological polar surface area (TPSA) is 58.6 Å². The van der Waals surface area contributed by atoms with E-state index in [1.807, 2.05) is 33.8 Å². The molecule has 4 atom stereocenters. The molecule has 4 heteroatoms. The molecule has 0 bridgehead atoms. The van der Waals surface area contributed by atoms with Gasteiger partial charge < -0.3 is 15.2 Å². The van der Waals surface area contributed by atoms with E-state index in [2.05, 4.69) is 5.32 Å². The largest absolute Gasteiger partial charge is 0.506 e. The Morgan fingerprint density at radius 3 is 2.47 bits per heavy atom. The van der Waals surface area contributed by atoms with E-state index in [4.69, 9.17) is 4.74 Å². The molecule has 4 nitrogen and oxygen atoms in total. The minimum atomic E-state index is -0.185. The number of aromatic hydroxyl groups is 1. The number of carbonyl (C=O) groups excluding carboxylic acids is 1. The summed E-state index contributed by atoms with van der Waals surface area (Å²) in [5.74, 6) is -0.0117. The zero-order chi connectivity index (χ0) is 14.2. The van der Waals surface area contributed by atoms with E-state index in [9.17, 15) is 9.90 Å². The van der Waals surface area contributed by atoms with Gasteiger partial charge in [-0.25, -0.2) is 0 Å². The zero-order valence-electron chi connectivity index (χ0n) is 11.8. The van der Waals surface area contributed by atoms with Gasteiger partial charge in [-0.05, 0) is 44.4 Å². The second-order valence-corrected chi connectivity index (χ2v) is 5.44. The van der Waals surface area contributed by atoms with E-state index in [-0.39, 0.29) is 35.7 Å². The fourth-order valence-corrected chi connectivity index (χ4v) is 2.68. The Kier molecular flexibility index (Phi) is 3.80. The molecule has 1 aliphatic rings. The van der Waals surface area contributed by atoms with Crippen molar-refractivity contribution in [2.75, 3.05) is 5.32 Å². The predicted octanol–water partition coefficient (Wildman–Crippen LogP) is 2.70. The van der Waals surface area contributed by atoms with Crippen molar-refractivity contribution in [1.29, 1.82) is 0 Å². The lowest BCUT2D eigenvalue weighted by Gasteiger charge is -2.18. The summed E-state index contributed by atoms with van der Waals surface area (Å²) < 4.78 is 5.67. The average molecular weight is 263 g/mol. The first-order valence-electron chi connectivity index (χ1n) is 6.66. The number of aryl methyl sites for hydroxylation is 1. The van der Waals surface area contributed by atoms with Gasteiger partial charge in [0.1, 0.15) is 5.75 Å². The first-order valence-corrected chi connectivity index (χ1v) is 6.66. The summed E-state index contributed by atoms with van der Waals surface area (Å²) in [5, 5.41) is 12.6. The van der Waals surface area contributed by atoms with Crippen LogP contribution in [0, 0.1) is 18.8 Å². The molecule has 0 aromatic heterocycles. The fourth-order valence-electron chi connectivity index (χ4n) is 2.68. The van der Waals surface area contributed by atoms with Gasteiger partial charge in [-0.2, -0.15) is 0 Å². The van der Waals surface area contributed by atoms with Crippen molar-refractivity contribution in [2.24, 2.45) is 11.8 Å². The van der Waals surface area contributed by atoms with Crippen LogP contribution in [0.1, 0.15) is 26.3 Å². The number of anilines is 1. The van der Waals surface area contributed by atoms with Crippen LogP contribution < -0.4 is 5.32 Å². The zero-order valence-corrected chi connectivity index (χ0v) is 11.8. The molecule has 1 heterocycles. The van der Waals surface area contributed by atoms with Crippen LogP contribution in [0.15, 0.2) is 18.2 Å². The Morgan fingerprint density at radius 1 is 1.26 bits per heavy atom. The summed E-state index contributed by atoms with van der Waals surface area (Å²) in [5.41, 5.74) is 1.41. The average Bonchev–Trinajstić information content (AvgIpc) is 2.57. The van der Waals surface area contributed by atoms with Gasteiger partial charge in [0.15, 0.2) is 0 Å². The standard InChI is InChI=1S/C15H21NO3/c1-8-5-6-12(13(17)7-8)16-15(18)14-9(2)10(3)19-11(14)4/h5-7,9-11,14,17H,1-4H3,(H,16,18). The summed E-state index contributed by atoms with van der Waals surface area (Å²) in [7, 11) is 0. The second kappa shape index (κ2) is 5.21. The van der Waals surface area contributed by atoms with Crippen LogP contribution in [-0.2, 0) is 9.53 Å². The highest BCUT2D eigenvalue weighted by Gasteiger charge is 2.41. The summed E-state index contributed by atoms with van der Waals surface area (Å²) in [6.45, 7) is 7.81. The SMILES string of the molecule is Cc1ccc(NC(=O)C2C(C)OC(C)C2C)c(O)c1. The van der Waals surface area contributed by atoms with Gasteiger partial charge in [-0.15, -0.1) is 0 Å². The molecule has 19 heavy (non-hydrogen) atoms. The summed E-state index contributed by atoms with van der Waals surface area (Å²) in [6, 6.07) is 5.21. The third kappa shape index (κ3) is 2.73. The van der Waals surface area contributed by atoms with Crippen LogP contribution in [0.5, 0.6) is 5.75 Å². The highest BCUT2D eigenvalue weighted by Crippen LogP contribution is 2.34. The lowest BCUT2D eigenvalue weighted by molar-refractivity contribution is -0.122. The van der Waals surface area contributed by atoms with Crippen molar-refractivity contribution >= 4 is 11.6 Å². The van der Waals surface area contributed by atoms with Crippen LogP contribution in [0.2, 0.25) is 0 Å². The number of hydrogen-bond donors (Lipinski definition) is 2. The van der Waals surface area contributed by atoms with Crippen molar-refractivity contribution in [2.45, 2.75) is 39.9 Å². The summed E-state index contributed by atoms with van der Waals surface area (Å²) >= 11 is 0. The Balaban J connectivity index is 2.13. The summed E-state index contributed by atoms with van der Waals surface area (Å²) in [4.78, 5) is 12.3. The molecule has 0 spiro atoms. The van der Waals surface area contributed by atoms with Crippen LogP contribution in [-0.4, -0.2) is 23.2 Å².